The van der Waals surface area contributed by atoms with E-state index in [0.29, 0.717) is 24.3 Å². The van der Waals surface area contributed by atoms with E-state index >= 15 is 0 Å². The van der Waals surface area contributed by atoms with E-state index in [9.17, 15) is 20.1 Å². The van der Waals surface area contributed by atoms with Crippen molar-refractivity contribution in [2.24, 2.45) is 23.7 Å². The second kappa shape index (κ2) is 13.7. The number of ether oxygens (including phenoxy) is 3. The molecule has 3 aliphatic heterocycles. The minimum atomic E-state index is -1.93. The van der Waals surface area contributed by atoms with Crippen LogP contribution < -0.4 is 0 Å². The topological polar surface area (TPSA) is 105 Å². The summed E-state index contributed by atoms with van der Waals surface area (Å²) in [6.07, 6.45) is 12.4. The first-order valence-electron chi connectivity index (χ1n) is 15.7. The van der Waals surface area contributed by atoms with Crippen LogP contribution in [0.1, 0.15) is 86.5 Å². The van der Waals surface area contributed by atoms with Gasteiger partial charge in [0.05, 0.1) is 36.9 Å². The predicted octanol–water partition coefficient (Wildman–Crippen LogP) is 5.19. The SMILES string of the molecule is CC[C@@H](C)C(O)[C@@H](C)CC[C@H]1C[C@@H]2CC(C/C=C(\C)C[C@@H](C)/C=C/C=C3COC4C3[C@@](O)(C=C(C)[C@H]4O)C(=O)O2)O1. The lowest BCUT2D eigenvalue weighted by Gasteiger charge is -2.41. The zero-order valence-corrected chi connectivity index (χ0v) is 25.8. The molecule has 0 radical (unpaired) electrons. The molecular formula is C34H52O7. The molecule has 2 saturated heterocycles. The van der Waals surface area contributed by atoms with Crippen molar-refractivity contribution in [2.45, 2.75) is 129 Å². The molecule has 7 heteroatoms. The summed E-state index contributed by atoms with van der Waals surface area (Å²) in [4.78, 5) is 13.8. The van der Waals surface area contributed by atoms with Gasteiger partial charge in [-0.1, -0.05) is 64.0 Å². The summed E-state index contributed by atoms with van der Waals surface area (Å²) < 4.78 is 18.6. The van der Waals surface area contributed by atoms with Crippen LogP contribution >= 0.6 is 0 Å². The third kappa shape index (κ3) is 7.42. The Bertz CT molecular complexity index is 1040. The lowest BCUT2D eigenvalue weighted by molar-refractivity contribution is -0.185. The van der Waals surface area contributed by atoms with E-state index in [0.717, 1.165) is 37.7 Å². The summed E-state index contributed by atoms with van der Waals surface area (Å²) in [5.74, 6) is -0.731. The van der Waals surface area contributed by atoms with Crippen LogP contribution in [0.15, 0.2) is 47.1 Å². The van der Waals surface area contributed by atoms with Gasteiger partial charge in [-0.2, -0.15) is 0 Å². The molecule has 11 atom stereocenters. The molecule has 4 aliphatic rings. The van der Waals surface area contributed by atoms with E-state index in [2.05, 4.69) is 46.8 Å². The Morgan fingerprint density at radius 2 is 1.90 bits per heavy atom. The van der Waals surface area contributed by atoms with Gasteiger partial charge in [0.25, 0.3) is 0 Å². The third-order valence-corrected chi connectivity index (χ3v) is 9.78. The fourth-order valence-electron chi connectivity index (χ4n) is 7.04. The number of carbonyl (C=O) groups is 1. The molecule has 0 aromatic rings. The van der Waals surface area contributed by atoms with Crippen molar-refractivity contribution < 1.29 is 34.3 Å². The number of rotatable bonds is 6. The number of allylic oxidation sites excluding steroid dienone is 4. The van der Waals surface area contributed by atoms with Gasteiger partial charge in [0.15, 0.2) is 5.60 Å². The Morgan fingerprint density at radius 1 is 1.15 bits per heavy atom. The number of hydrogen-bond donors (Lipinski definition) is 3. The Labute approximate surface area is 246 Å². The van der Waals surface area contributed by atoms with Gasteiger partial charge in [-0.05, 0) is 74.5 Å². The summed E-state index contributed by atoms with van der Waals surface area (Å²) in [6.45, 7) is 12.5. The van der Waals surface area contributed by atoms with E-state index in [1.807, 2.05) is 12.2 Å². The number of esters is 1. The minimum Gasteiger partial charge on any atom is -0.460 e. The lowest BCUT2D eigenvalue weighted by Crippen LogP contribution is -2.56. The summed E-state index contributed by atoms with van der Waals surface area (Å²) in [6, 6.07) is 0. The van der Waals surface area contributed by atoms with E-state index in [1.54, 1.807) is 6.92 Å². The first kappa shape index (κ1) is 32.2. The van der Waals surface area contributed by atoms with Gasteiger partial charge in [0.1, 0.15) is 12.2 Å². The molecule has 7 nitrogen and oxygen atoms in total. The largest absolute Gasteiger partial charge is 0.460 e. The van der Waals surface area contributed by atoms with Crippen molar-refractivity contribution >= 4 is 5.97 Å². The Hall–Kier alpha value is -1.77. The maximum atomic E-state index is 13.8. The van der Waals surface area contributed by atoms with Gasteiger partial charge < -0.3 is 29.5 Å². The number of carbonyl (C=O) groups excluding carboxylic acids is 1. The van der Waals surface area contributed by atoms with Crippen molar-refractivity contribution in [3.63, 3.8) is 0 Å². The Morgan fingerprint density at radius 3 is 2.63 bits per heavy atom. The fraction of sp³-hybridized carbons (Fsp3) is 0.735. The average Bonchev–Trinajstić information content (AvgIpc) is 3.37. The summed E-state index contributed by atoms with van der Waals surface area (Å²) in [5, 5.41) is 33.5. The third-order valence-electron chi connectivity index (χ3n) is 9.78. The highest BCUT2D eigenvalue weighted by Crippen LogP contribution is 2.45. The average molecular weight is 573 g/mol. The van der Waals surface area contributed by atoms with Crippen LogP contribution in [0.25, 0.3) is 0 Å². The Balaban J connectivity index is 1.60. The normalized spacial score (nSPS) is 40.7. The van der Waals surface area contributed by atoms with E-state index in [-0.39, 0.29) is 36.8 Å². The van der Waals surface area contributed by atoms with Crippen LogP contribution in [0.3, 0.4) is 0 Å². The number of aliphatic hydroxyl groups is 3. The molecular weight excluding hydrogens is 520 g/mol. The number of hydrogen-bond acceptors (Lipinski definition) is 7. The van der Waals surface area contributed by atoms with E-state index in [1.165, 1.54) is 11.6 Å². The highest BCUT2D eigenvalue weighted by molar-refractivity contribution is 5.84. The van der Waals surface area contributed by atoms with Crippen molar-refractivity contribution in [3.05, 3.63) is 47.1 Å². The Kier molecular flexibility index (Phi) is 10.7. The zero-order valence-electron chi connectivity index (χ0n) is 25.8. The van der Waals surface area contributed by atoms with Gasteiger partial charge in [0, 0.05) is 12.8 Å². The molecule has 2 fully saturated rings. The molecule has 41 heavy (non-hydrogen) atoms. The molecule has 0 amide bonds. The molecule has 1 aliphatic carbocycles. The molecule has 3 heterocycles. The predicted molar refractivity (Wildman–Crippen MR) is 159 cm³/mol. The first-order valence-corrected chi connectivity index (χ1v) is 15.7. The second-order valence-electron chi connectivity index (χ2n) is 13.3. The monoisotopic (exact) mass is 572 g/mol. The van der Waals surface area contributed by atoms with E-state index in [4.69, 9.17) is 14.2 Å². The summed E-state index contributed by atoms with van der Waals surface area (Å²) in [7, 11) is 0. The van der Waals surface area contributed by atoms with E-state index < -0.39 is 35.8 Å². The molecule has 2 bridgehead atoms. The number of fused-ring (bicyclic) bond motifs is 2. The molecule has 0 aromatic heterocycles. The summed E-state index contributed by atoms with van der Waals surface area (Å²) >= 11 is 0. The molecule has 4 rings (SSSR count). The van der Waals surface area contributed by atoms with Crippen LogP contribution in [-0.4, -0.2) is 70.1 Å². The van der Waals surface area contributed by atoms with Crippen molar-refractivity contribution in [3.8, 4) is 0 Å². The van der Waals surface area contributed by atoms with Gasteiger partial charge in [-0.15, -0.1) is 0 Å². The molecule has 230 valence electrons. The van der Waals surface area contributed by atoms with Gasteiger partial charge in [-0.25, -0.2) is 4.79 Å². The highest BCUT2D eigenvalue weighted by Gasteiger charge is 2.57. The number of aliphatic hydroxyl groups excluding tert-OH is 2. The van der Waals surface area contributed by atoms with Crippen LogP contribution in [-0.2, 0) is 19.0 Å². The van der Waals surface area contributed by atoms with Crippen molar-refractivity contribution in [1.82, 2.24) is 0 Å². The van der Waals surface area contributed by atoms with Crippen molar-refractivity contribution in [2.75, 3.05) is 6.61 Å². The fourth-order valence-corrected chi connectivity index (χ4v) is 7.04. The zero-order chi connectivity index (χ0) is 29.9. The van der Waals surface area contributed by atoms with Gasteiger partial charge in [-0.3, -0.25) is 0 Å². The molecule has 0 aromatic carbocycles. The van der Waals surface area contributed by atoms with Crippen LogP contribution in [0.5, 0.6) is 0 Å². The maximum Gasteiger partial charge on any atom is 0.343 e. The lowest BCUT2D eigenvalue weighted by atomic mass is 9.71. The highest BCUT2D eigenvalue weighted by atomic mass is 16.6. The second-order valence-corrected chi connectivity index (χ2v) is 13.3. The molecule has 3 N–H and O–H groups in total. The van der Waals surface area contributed by atoms with Gasteiger partial charge >= 0.3 is 5.97 Å². The van der Waals surface area contributed by atoms with Crippen molar-refractivity contribution in [1.29, 1.82) is 0 Å². The van der Waals surface area contributed by atoms with Crippen LogP contribution in [0.4, 0.5) is 0 Å². The molecule has 0 saturated carbocycles. The van der Waals surface area contributed by atoms with Crippen LogP contribution in [0.2, 0.25) is 0 Å². The standard InChI is InChI=1S/C34H52O7/c1-7-22(4)30(35)23(5)12-14-27-17-28-16-26(40-27)13-11-21(3)15-20(2)9-8-10-25-19-39-32-29(25)34(38,33(37)41-28)18-24(6)31(32)36/h8-11,18,20,22-23,26-32,35-36,38H,7,12-17,19H2,1-6H3/b9-8+,21-11+,25-10?/t20-,22+,23-,26?,27-,28-,29?,30?,31+,32?,34-/m0/s1. The smallest absolute Gasteiger partial charge is 0.343 e. The molecule has 0 spiro atoms. The summed E-state index contributed by atoms with van der Waals surface area (Å²) in [5.41, 5.74) is 0.641. The quantitative estimate of drug-likeness (QED) is 0.297. The molecule has 4 unspecified atom stereocenters. The minimum absolute atomic E-state index is 0.104. The van der Waals surface area contributed by atoms with Crippen LogP contribution in [0, 0.1) is 23.7 Å². The maximum absolute atomic E-state index is 13.8. The first-order chi connectivity index (χ1) is 19.4. The van der Waals surface area contributed by atoms with Gasteiger partial charge in [0.2, 0.25) is 0 Å².